The molecular formula is C21H27ClN2O3S. The first kappa shape index (κ1) is 22.4. The largest absolute Gasteiger partial charge is 0.348 e. The summed E-state index contributed by atoms with van der Waals surface area (Å²) in [5, 5.41) is 3.38. The third-order valence-electron chi connectivity index (χ3n) is 4.82. The Hall–Kier alpha value is -1.89. The molecule has 2 rings (SSSR count). The molecule has 0 radical (unpaired) electrons. The molecule has 7 heteroatoms. The molecule has 1 N–H and O–H groups in total. The molecule has 2 aromatic rings. The second-order valence-corrected chi connectivity index (χ2v) is 9.59. The summed E-state index contributed by atoms with van der Waals surface area (Å²) in [6, 6.07) is 10.9. The SMILES string of the molecule is Cc1cc(C)c([C@@H](C)NC(=O)CN(Cc2ccccc2Cl)S(C)(=O)=O)cc1C. The van der Waals surface area contributed by atoms with E-state index in [9.17, 15) is 13.2 Å². The van der Waals surface area contributed by atoms with Gasteiger partial charge in [0.2, 0.25) is 15.9 Å². The van der Waals surface area contributed by atoms with Crippen LogP contribution in [0, 0.1) is 20.8 Å². The highest BCUT2D eigenvalue weighted by molar-refractivity contribution is 7.88. The van der Waals surface area contributed by atoms with Crippen LogP contribution in [-0.2, 0) is 21.4 Å². The molecule has 0 spiro atoms. The van der Waals surface area contributed by atoms with Gasteiger partial charge < -0.3 is 5.32 Å². The van der Waals surface area contributed by atoms with Crippen molar-refractivity contribution in [1.29, 1.82) is 0 Å². The number of halogens is 1. The van der Waals surface area contributed by atoms with Gasteiger partial charge in [0.15, 0.2) is 0 Å². The Kier molecular flexibility index (Phi) is 7.26. The highest BCUT2D eigenvalue weighted by atomic mass is 35.5. The lowest BCUT2D eigenvalue weighted by Gasteiger charge is -2.23. The molecule has 0 saturated carbocycles. The number of carbonyl (C=O) groups excluding carboxylic acids is 1. The molecule has 0 bridgehead atoms. The number of rotatable bonds is 7. The van der Waals surface area contributed by atoms with Gasteiger partial charge in [-0.25, -0.2) is 8.42 Å². The Morgan fingerprint density at radius 2 is 1.71 bits per heavy atom. The highest BCUT2D eigenvalue weighted by Gasteiger charge is 2.23. The Bertz CT molecular complexity index is 974. The van der Waals surface area contributed by atoms with Crippen molar-refractivity contribution in [3.63, 3.8) is 0 Å². The fraction of sp³-hybridized carbons (Fsp3) is 0.381. The first-order chi connectivity index (χ1) is 13.0. The van der Waals surface area contributed by atoms with Crippen LogP contribution in [0.2, 0.25) is 5.02 Å². The van der Waals surface area contributed by atoms with E-state index < -0.39 is 10.0 Å². The first-order valence-electron chi connectivity index (χ1n) is 9.04. The van der Waals surface area contributed by atoms with Crippen molar-refractivity contribution in [1.82, 2.24) is 9.62 Å². The summed E-state index contributed by atoms with van der Waals surface area (Å²) >= 11 is 6.14. The molecule has 0 aliphatic heterocycles. The van der Waals surface area contributed by atoms with Gasteiger partial charge in [-0.05, 0) is 61.6 Å². The zero-order valence-electron chi connectivity index (χ0n) is 16.9. The molecule has 152 valence electrons. The zero-order chi connectivity index (χ0) is 21.1. The summed E-state index contributed by atoms with van der Waals surface area (Å²) in [4.78, 5) is 12.6. The van der Waals surface area contributed by atoms with E-state index in [0.29, 0.717) is 10.6 Å². The second-order valence-electron chi connectivity index (χ2n) is 7.20. The minimum atomic E-state index is -3.58. The van der Waals surface area contributed by atoms with Crippen LogP contribution in [0.3, 0.4) is 0 Å². The molecule has 1 amide bonds. The Labute approximate surface area is 172 Å². The normalized spacial score (nSPS) is 12.8. The molecule has 0 fully saturated rings. The van der Waals surface area contributed by atoms with Gasteiger partial charge in [0.25, 0.3) is 0 Å². The summed E-state index contributed by atoms with van der Waals surface area (Å²) in [5.74, 6) is -0.359. The van der Waals surface area contributed by atoms with Crippen molar-refractivity contribution < 1.29 is 13.2 Å². The maximum absolute atomic E-state index is 12.6. The molecule has 2 aromatic carbocycles. The number of hydrogen-bond donors (Lipinski definition) is 1. The molecule has 0 unspecified atom stereocenters. The van der Waals surface area contributed by atoms with E-state index in [2.05, 4.69) is 17.4 Å². The van der Waals surface area contributed by atoms with Crippen LogP contribution >= 0.6 is 11.6 Å². The summed E-state index contributed by atoms with van der Waals surface area (Å²) in [6.45, 7) is 7.76. The Balaban J connectivity index is 2.14. The average molecular weight is 423 g/mol. The number of sulfonamides is 1. The van der Waals surface area contributed by atoms with Crippen molar-refractivity contribution in [3.05, 3.63) is 69.2 Å². The third-order valence-corrected chi connectivity index (χ3v) is 6.38. The molecule has 0 saturated heterocycles. The smallest absolute Gasteiger partial charge is 0.235 e. The molecule has 28 heavy (non-hydrogen) atoms. The predicted octanol–water partition coefficient (Wildman–Crippen LogP) is 3.90. The van der Waals surface area contributed by atoms with E-state index in [0.717, 1.165) is 27.3 Å². The minimum absolute atomic E-state index is 0.0446. The first-order valence-corrected chi connectivity index (χ1v) is 11.3. The van der Waals surface area contributed by atoms with Gasteiger partial charge in [-0.1, -0.05) is 41.9 Å². The van der Waals surface area contributed by atoms with Gasteiger partial charge in [0.1, 0.15) is 0 Å². The minimum Gasteiger partial charge on any atom is -0.348 e. The van der Waals surface area contributed by atoms with Crippen LogP contribution in [0.25, 0.3) is 0 Å². The summed E-state index contributed by atoms with van der Waals surface area (Å²) in [6.07, 6.45) is 1.09. The molecule has 0 heterocycles. The second kappa shape index (κ2) is 9.07. The van der Waals surface area contributed by atoms with Crippen LogP contribution in [0.4, 0.5) is 0 Å². The summed E-state index contributed by atoms with van der Waals surface area (Å²) in [5.41, 5.74) is 5.11. The van der Waals surface area contributed by atoms with Gasteiger partial charge in [-0.15, -0.1) is 0 Å². The van der Waals surface area contributed by atoms with Crippen LogP contribution in [0.1, 0.15) is 40.8 Å². The van der Waals surface area contributed by atoms with Gasteiger partial charge in [-0.3, -0.25) is 4.79 Å². The van der Waals surface area contributed by atoms with Crippen LogP contribution in [-0.4, -0.2) is 31.4 Å². The third kappa shape index (κ3) is 5.80. The van der Waals surface area contributed by atoms with Gasteiger partial charge in [0.05, 0.1) is 18.8 Å². The van der Waals surface area contributed by atoms with E-state index >= 15 is 0 Å². The summed E-state index contributed by atoms with van der Waals surface area (Å²) < 4.78 is 25.5. The standard InChI is InChI=1S/C21H27ClN2O3S/c1-14-10-16(3)19(11-15(14)2)17(4)23-21(25)13-24(28(5,26)27)12-18-8-6-7-9-20(18)22/h6-11,17H,12-13H2,1-5H3,(H,23,25)/t17-/m1/s1. The molecular weight excluding hydrogens is 396 g/mol. The van der Waals surface area contributed by atoms with Crippen molar-refractivity contribution in [2.45, 2.75) is 40.3 Å². The number of nitrogens with one attached hydrogen (secondary N) is 1. The number of aryl methyl sites for hydroxylation is 3. The average Bonchev–Trinajstić information content (AvgIpc) is 2.58. The number of hydrogen-bond acceptors (Lipinski definition) is 3. The Morgan fingerprint density at radius 1 is 1.11 bits per heavy atom. The van der Waals surface area contributed by atoms with Gasteiger partial charge in [-0.2, -0.15) is 4.31 Å². The fourth-order valence-corrected chi connectivity index (χ4v) is 4.00. The van der Waals surface area contributed by atoms with E-state index in [4.69, 9.17) is 11.6 Å². The van der Waals surface area contributed by atoms with Crippen molar-refractivity contribution in [2.24, 2.45) is 0 Å². The lowest BCUT2D eigenvalue weighted by Crippen LogP contribution is -2.40. The number of carbonyl (C=O) groups is 1. The Morgan fingerprint density at radius 3 is 2.32 bits per heavy atom. The van der Waals surface area contributed by atoms with Crippen molar-refractivity contribution >= 4 is 27.5 Å². The lowest BCUT2D eigenvalue weighted by molar-refractivity contribution is -0.122. The van der Waals surface area contributed by atoms with Gasteiger partial charge >= 0.3 is 0 Å². The molecule has 0 aliphatic carbocycles. The lowest BCUT2D eigenvalue weighted by atomic mass is 9.96. The molecule has 1 atom stereocenters. The van der Waals surface area contributed by atoms with E-state index in [1.165, 1.54) is 5.56 Å². The number of benzene rings is 2. The summed E-state index contributed by atoms with van der Waals surface area (Å²) in [7, 11) is -3.58. The number of nitrogens with zero attached hydrogens (tertiary/aromatic N) is 1. The number of amides is 1. The maximum atomic E-state index is 12.6. The van der Waals surface area contributed by atoms with E-state index in [1.807, 2.05) is 27.7 Å². The van der Waals surface area contributed by atoms with E-state index in [-0.39, 0.29) is 25.0 Å². The van der Waals surface area contributed by atoms with Crippen LogP contribution in [0.5, 0.6) is 0 Å². The topological polar surface area (TPSA) is 66.5 Å². The van der Waals surface area contributed by atoms with Crippen LogP contribution in [0.15, 0.2) is 36.4 Å². The highest BCUT2D eigenvalue weighted by Crippen LogP contribution is 2.22. The monoisotopic (exact) mass is 422 g/mol. The fourth-order valence-electron chi connectivity index (χ4n) is 3.08. The molecule has 5 nitrogen and oxygen atoms in total. The quantitative estimate of drug-likeness (QED) is 0.735. The van der Waals surface area contributed by atoms with E-state index in [1.54, 1.807) is 24.3 Å². The zero-order valence-corrected chi connectivity index (χ0v) is 18.5. The molecule has 0 aliphatic rings. The van der Waals surface area contributed by atoms with Gasteiger partial charge in [0, 0.05) is 11.6 Å². The van der Waals surface area contributed by atoms with Crippen LogP contribution < -0.4 is 5.32 Å². The maximum Gasteiger partial charge on any atom is 0.235 e. The van der Waals surface area contributed by atoms with Crippen molar-refractivity contribution in [2.75, 3.05) is 12.8 Å². The predicted molar refractivity (Wildman–Crippen MR) is 114 cm³/mol. The van der Waals surface area contributed by atoms with Crippen molar-refractivity contribution in [3.8, 4) is 0 Å². The molecule has 0 aromatic heterocycles.